The fourth-order valence-corrected chi connectivity index (χ4v) is 3.23. The quantitative estimate of drug-likeness (QED) is 0.585. The van der Waals surface area contributed by atoms with Crippen LogP contribution < -0.4 is 0 Å². The molecule has 0 radical (unpaired) electrons. The lowest BCUT2D eigenvalue weighted by Crippen LogP contribution is -2.25. The summed E-state index contributed by atoms with van der Waals surface area (Å²) in [6.45, 7) is 18.5. The monoisotopic (exact) mass is 308 g/mol. The molecule has 2 rings (SSSR count). The van der Waals surface area contributed by atoms with E-state index in [0.717, 1.165) is 0 Å². The van der Waals surface area contributed by atoms with E-state index < -0.39 is 0 Å². The molecule has 2 aromatic rings. The van der Waals surface area contributed by atoms with Crippen molar-refractivity contribution in [1.82, 2.24) is 0 Å². The molecule has 2 aromatic carbocycles. The van der Waals surface area contributed by atoms with Crippen LogP contribution in [0.2, 0.25) is 0 Å². The molecule has 0 bridgehead atoms. The standard InChI is InChI=1S/C23H32/c1-21(2,3)19-15-14-18(16-20(19)22(4,5)6)23(7,8)17-12-10-9-11-13-17/h9-16H,1-8H3. The predicted molar refractivity (Wildman–Crippen MR) is 102 cm³/mol. The van der Waals surface area contributed by atoms with Crippen LogP contribution in [0.15, 0.2) is 48.5 Å². The van der Waals surface area contributed by atoms with E-state index >= 15 is 0 Å². The maximum absolute atomic E-state index is 2.44. The van der Waals surface area contributed by atoms with E-state index in [4.69, 9.17) is 0 Å². The Morgan fingerprint density at radius 2 is 1.04 bits per heavy atom. The third-order valence-corrected chi connectivity index (χ3v) is 4.85. The van der Waals surface area contributed by atoms with Gasteiger partial charge in [-0.3, -0.25) is 0 Å². The van der Waals surface area contributed by atoms with Gasteiger partial charge in [0.1, 0.15) is 0 Å². The lowest BCUT2D eigenvalue weighted by Gasteiger charge is -2.33. The topological polar surface area (TPSA) is 0 Å². The van der Waals surface area contributed by atoms with E-state index in [1.54, 1.807) is 0 Å². The second-order valence-electron chi connectivity index (χ2n) is 9.25. The van der Waals surface area contributed by atoms with Crippen LogP contribution in [-0.2, 0) is 16.2 Å². The van der Waals surface area contributed by atoms with E-state index in [2.05, 4.69) is 104 Å². The summed E-state index contributed by atoms with van der Waals surface area (Å²) in [6, 6.07) is 17.9. The highest BCUT2D eigenvalue weighted by Gasteiger charge is 2.29. The van der Waals surface area contributed by atoms with E-state index in [0.29, 0.717) is 0 Å². The van der Waals surface area contributed by atoms with Crippen molar-refractivity contribution < 1.29 is 0 Å². The van der Waals surface area contributed by atoms with Crippen LogP contribution in [0.4, 0.5) is 0 Å². The average Bonchev–Trinajstić information content (AvgIpc) is 2.45. The predicted octanol–water partition coefficient (Wildman–Crippen LogP) is 6.61. The molecule has 0 heterocycles. The largest absolute Gasteiger partial charge is 0.0622 e. The average molecular weight is 309 g/mol. The summed E-state index contributed by atoms with van der Waals surface area (Å²) < 4.78 is 0. The number of benzene rings is 2. The van der Waals surface area contributed by atoms with Crippen molar-refractivity contribution in [3.63, 3.8) is 0 Å². The fourth-order valence-electron chi connectivity index (χ4n) is 3.23. The SMILES string of the molecule is CC(C)(C)c1ccc(C(C)(C)c2ccccc2)cc1C(C)(C)C. The Morgan fingerprint density at radius 3 is 1.52 bits per heavy atom. The van der Waals surface area contributed by atoms with Gasteiger partial charge in [-0.05, 0) is 33.1 Å². The number of rotatable bonds is 2. The molecule has 0 nitrogen and oxygen atoms in total. The third kappa shape index (κ3) is 3.68. The maximum Gasteiger partial charge on any atom is 0.0146 e. The van der Waals surface area contributed by atoms with Crippen molar-refractivity contribution in [3.8, 4) is 0 Å². The van der Waals surface area contributed by atoms with Gasteiger partial charge in [0, 0.05) is 5.41 Å². The maximum atomic E-state index is 2.44. The Kier molecular flexibility index (Phi) is 4.50. The van der Waals surface area contributed by atoms with Crippen molar-refractivity contribution in [2.75, 3.05) is 0 Å². The van der Waals surface area contributed by atoms with Crippen molar-refractivity contribution in [3.05, 3.63) is 70.8 Å². The van der Waals surface area contributed by atoms with E-state index in [1.807, 2.05) is 0 Å². The van der Waals surface area contributed by atoms with Gasteiger partial charge in [-0.1, -0.05) is 104 Å². The van der Waals surface area contributed by atoms with Crippen molar-refractivity contribution in [2.24, 2.45) is 0 Å². The van der Waals surface area contributed by atoms with Crippen LogP contribution >= 0.6 is 0 Å². The minimum atomic E-state index is 0.0116. The zero-order valence-corrected chi connectivity index (χ0v) is 16.1. The van der Waals surface area contributed by atoms with Gasteiger partial charge in [0.05, 0.1) is 0 Å². The van der Waals surface area contributed by atoms with Crippen molar-refractivity contribution in [1.29, 1.82) is 0 Å². The molecule has 0 spiro atoms. The zero-order valence-electron chi connectivity index (χ0n) is 16.1. The number of hydrogen-bond donors (Lipinski definition) is 0. The van der Waals surface area contributed by atoms with Crippen LogP contribution in [0.5, 0.6) is 0 Å². The minimum absolute atomic E-state index is 0.0116. The molecule has 0 N–H and O–H groups in total. The van der Waals surface area contributed by atoms with Crippen molar-refractivity contribution >= 4 is 0 Å². The van der Waals surface area contributed by atoms with Gasteiger partial charge < -0.3 is 0 Å². The molecule has 0 heteroatoms. The molecule has 0 aliphatic carbocycles. The van der Waals surface area contributed by atoms with Gasteiger partial charge >= 0.3 is 0 Å². The van der Waals surface area contributed by atoms with Crippen LogP contribution in [-0.4, -0.2) is 0 Å². The molecule has 0 fully saturated rings. The summed E-state index contributed by atoms with van der Waals surface area (Å²) in [5, 5.41) is 0. The first kappa shape index (κ1) is 17.8. The highest BCUT2D eigenvalue weighted by molar-refractivity contribution is 5.46. The minimum Gasteiger partial charge on any atom is -0.0622 e. The molecule has 23 heavy (non-hydrogen) atoms. The highest BCUT2D eigenvalue weighted by atomic mass is 14.3. The molecule has 0 aromatic heterocycles. The second kappa shape index (κ2) is 5.82. The van der Waals surface area contributed by atoms with Gasteiger partial charge in [-0.2, -0.15) is 0 Å². The van der Waals surface area contributed by atoms with E-state index in [-0.39, 0.29) is 16.2 Å². The first-order valence-electron chi connectivity index (χ1n) is 8.65. The Hall–Kier alpha value is -1.56. The molecule has 124 valence electrons. The summed E-state index contributed by atoms with van der Waals surface area (Å²) in [7, 11) is 0. The van der Waals surface area contributed by atoms with Crippen LogP contribution in [0.3, 0.4) is 0 Å². The van der Waals surface area contributed by atoms with Gasteiger partial charge in [0.25, 0.3) is 0 Å². The lowest BCUT2D eigenvalue weighted by molar-refractivity contribution is 0.526. The Bertz CT molecular complexity index is 661. The van der Waals surface area contributed by atoms with Gasteiger partial charge in [-0.25, -0.2) is 0 Å². The molecule has 0 amide bonds. The fraction of sp³-hybridized carbons (Fsp3) is 0.478. The Morgan fingerprint density at radius 1 is 0.522 bits per heavy atom. The van der Waals surface area contributed by atoms with Crippen LogP contribution in [0.25, 0.3) is 0 Å². The first-order valence-corrected chi connectivity index (χ1v) is 8.65. The summed E-state index contributed by atoms with van der Waals surface area (Å²) in [6.07, 6.45) is 0. The van der Waals surface area contributed by atoms with E-state index in [1.165, 1.54) is 22.3 Å². The van der Waals surface area contributed by atoms with Gasteiger partial charge in [0.2, 0.25) is 0 Å². The molecule has 0 aliphatic rings. The molecular formula is C23H32. The molecule has 0 saturated carbocycles. The lowest BCUT2D eigenvalue weighted by atomic mass is 9.71. The van der Waals surface area contributed by atoms with Crippen LogP contribution in [0, 0.1) is 0 Å². The van der Waals surface area contributed by atoms with Gasteiger partial charge in [-0.15, -0.1) is 0 Å². The summed E-state index contributed by atoms with van der Waals surface area (Å²) in [4.78, 5) is 0. The molecular weight excluding hydrogens is 276 g/mol. The van der Waals surface area contributed by atoms with Crippen molar-refractivity contribution in [2.45, 2.75) is 71.6 Å². The molecule has 0 unspecified atom stereocenters. The van der Waals surface area contributed by atoms with E-state index in [9.17, 15) is 0 Å². The van der Waals surface area contributed by atoms with Gasteiger partial charge in [0.15, 0.2) is 0 Å². The highest BCUT2D eigenvalue weighted by Crippen LogP contribution is 2.38. The molecule has 0 atom stereocenters. The zero-order chi connectivity index (χ0) is 17.5. The molecule has 0 aliphatic heterocycles. The third-order valence-electron chi connectivity index (χ3n) is 4.85. The first-order chi connectivity index (χ1) is 10.4. The second-order valence-corrected chi connectivity index (χ2v) is 9.25. The summed E-state index contributed by atoms with van der Waals surface area (Å²) in [5.41, 5.74) is 6.00. The van der Waals surface area contributed by atoms with Crippen LogP contribution in [0.1, 0.15) is 77.6 Å². The summed E-state index contributed by atoms with van der Waals surface area (Å²) >= 11 is 0. The smallest absolute Gasteiger partial charge is 0.0146 e. The Balaban J connectivity index is 2.63. The summed E-state index contributed by atoms with van der Waals surface area (Å²) in [5.74, 6) is 0. The normalized spacial score (nSPS) is 13.2. The Labute approximate surface area is 143 Å². The molecule has 0 saturated heterocycles. The number of hydrogen-bond acceptors (Lipinski definition) is 0.